The fourth-order valence-electron chi connectivity index (χ4n) is 2.75. The lowest BCUT2D eigenvalue weighted by atomic mass is 9.97. The standard InChI is InChI=1S/C15H22BrN3O/c1-11(17)14-8-4-5-9-19(14)10-15(20)18-13-7-3-2-6-12(13)16/h2-3,6-7,11,14H,4-5,8-10,17H2,1H3,(H,18,20). The van der Waals surface area contributed by atoms with Gasteiger partial charge in [0.2, 0.25) is 5.91 Å². The second-order valence-corrected chi connectivity index (χ2v) is 6.28. The quantitative estimate of drug-likeness (QED) is 0.886. The molecule has 1 aromatic rings. The van der Waals surface area contributed by atoms with Crippen LogP contribution in [0.4, 0.5) is 5.69 Å². The van der Waals surface area contributed by atoms with Gasteiger partial charge in [-0.25, -0.2) is 0 Å². The molecule has 1 amide bonds. The van der Waals surface area contributed by atoms with Crippen LogP contribution in [0.15, 0.2) is 28.7 Å². The largest absolute Gasteiger partial charge is 0.327 e. The number of likely N-dealkylation sites (tertiary alicyclic amines) is 1. The summed E-state index contributed by atoms with van der Waals surface area (Å²) in [5, 5.41) is 2.95. The van der Waals surface area contributed by atoms with Crippen molar-refractivity contribution in [1.82, 2.24) is 4.90 Å². The Hall–Kier alpha value is -0.910. The summed E-state index contributed by atoms with van der Waals surface area (Å²) < 4.78 is 0.899. The highest BCUT2D eigenvalue weighted by atomic mass is 79.9. The number of para-hydroxylation sites is 1. The van der Waals surface area contributed by atoms with E-state index in [1.165, 1.54) is 6.42 Å². The lowest BCUT2D eigenvalue weighted by Gasteiger charge is -2.37. The minimum Gasteiger partial charge on any atom is -0.327 e. The maximum atomic E-state index is 12.2. The fraction of sp³-hybridized carbons (Fsp3) is 0.533. The normalized spacial score (nSPS) is 21.4. The van der Waals surface area contributed by atoms with Gasteiger partial charge >= 0.3 is 0 Å². The summed E-state index contributed by atoms with van der Waals surface area (Å²) in [7, 11) is 0. The third kappa shape index (κ3) is 4.04. The van der Waals surface area contributed by atoms with Gasteiger partial charge in [0.05, 0.1) is 12.2 Å². The molecule has 0 spiro atoms. The number of hydrogen-bond donors (Lipinski definition) is 2. The molecule has 5 heteroatoms. The highest BCUT2D eigenvalue weighted by molar-refractivity contribution is 9.10. The number of rotatable bonds is 4. The van der Waals surface area contributed by atoms with Crippen molar-refractivity contribution < 1.29 is 4.79 Å². The monoisotopic (exact) mass is 339 g/mol. The van der Waals surface area contributed by atoms with E-state index in [0.717, 1.165) is 29.5 Å². The van der Waals surface area contributed by atoms with Gasteiger partial charge in [0, 0.05) is 16.6 Å². The van der Waals surface area contributed by atoms with E-state index in [9.17, 15) is 4.79 Å². The summed E-state index contributed by atoms with van der Waals surface area (Å²) in [6.45, 7) is 3.39. The van der Waals surface area contributed by atoms with Crippen LogP contribution >= 0.6 is 15.9 Å². The average molecular weight is 340 g/mol. The molecule has 20 heavy (non-hydrogen) atoms. The van der Waals surface area contributed by atoms with Crippen LogP contribution in [0.3, 0.4) is 0 Å². The van der Waals surface area contributed by atoms with E-state index >= 15 is 0 Å². The highest BCUT2D eigenvalue weighted by Crippen LogP contribution is 2.22. The van der Waals surface area contributed by atoms with E-state index in [4.69, 9.17) is 5.73 Å². The molecule has 0 aliphatic carbocycles. The van der Waals surface area contributed by atoms with Crippen LogP contribution in [-0.4, -0.2) is 36.0 Å². The lowest BCUT2D eigenvalue weighted by Crippen LogP contribution is -2.51. The summed E-state index contributed by atoms with van der Waals surface area (Å²) >= 11 is 3.44. The molecule has 0 bridgehead atoms. The molecular weight excluding hydrogens is 318 g/mol. The molecule has 4 nitrogen and oxygen atoms in total. The molecule has 1 aromatic carbocycles. The summed E-state index contributed by atoms with van der Waals surface area (Å²) in [5.74, 6) is 0.0180. The number of piperidine rings is 1. The Morgan fingerprint density at radius 2 is 2.25 bits per heavy atom. The second kappa shape index (κ2) is 7.20. The summed E-state index contributed by atoms with van der Waals surface area (Å²) in [5.41, 5.74) is 6.84. The van der Waals surface area contributed by atoms with Crippen molar-refractivity contribution in [1.29, 1.82) is 0 Å². The average Bonchev–Trinajstić information content (AvgIpc) is 2.41. The van der Waals surface area contributed by atoms with Gasteiger partial charge in [-0.3, -0.25) is 9.69 Å². The van der Waals surface area contributed by atoms with Gasteiger partial charge in [-0.1, -0.05) is 18.6 Å². The molecule has 2 rings (SSSR count). The molecule has 1 fully saturated rings. The molecule has 1 aliphatic rings. The molecule has 0 saturated carbocycles. The number of amides is 1. The van der Waals surface area contributed by atoms with Gasteiger partial charge in [0.25, 0.3) is 0 Å². The molecule has 0 radical (unpaired) electrons. The molecule has 2 atom stereocenters. The van der Waals surface area contributed by atoms with Gasteiger partial charge < -0.3 is 11.1 Å². The smallest absolute Gasteiger partial charge is 0.238 e. The van der Waals surface area contributed by atoms with Gasteiger partial charge in [0.15, 0.2) is 0 Å². The number of anilines is 1. The first-order valence-corrected chi connectivity index (χ1v) is 7.91. The van der Waals surface area contributed by atoms with Gasteiger partial charge in [-0.05, 0) is 54.4 Å². The number of hydrogen-bond acceptors (Lipinski definition) is 3. The van der Waals surface area contributed by atoms with Crippen molar-refractivity contribution in [3.05, 3.63) is 28.7 Å². The number of nitrogens with one attached hydrogen (secondary N) is 1. The summed E-state index contributed by atoms with van der Waals surface area (Å²) in [4.78, 5) is 14.4. The van der Waals surface area contributed by atoms with E-state index in [1.54, 1.807) is 0 Å². The zero-order valence-corrected chi connectivity index (χ0v) is 13.4. The van der Waals surface area contributed by atoms with Crippen molar-refractivity contribution in [2.24, 2.45) is 5.73 Å². The van der Waals surface area contributed by atoms with Crippen molar-refractivity contribution in [3.63, 3.8) is 0 Å². The zero-order valence-electron chi connectivity index (χ0n) is 11.8. The SMILES string of the molecule is CC(N)C1CCCCN1CC(=O)Nc1ccccc1Br. The predicted molar refractivity (Wildman–Crippen MR) is 85.6 cm³/mol. The van der Waals surface area contributed by atoms with E-state index in [0.29, 0.717) is 12.6 Å². The molecule has 1 heterocycles. The van der Waals surface area contributed by atoms with Crippen LogP contribution in [0.2, 0.25) is 0 Å². The first-order chi connectivity index (χ1) is 9.58. The second-order valence-electron chi connectivity index (χ2n) is 5.42. The fourth-order valence-corrected chi connectivity index (χ4v) is 3.13. The Bertz CT molecular complexity index is 464. The third-order valence-electron chi connectivity index (χ3n) is 3.77. The summed E-state index contributed by atoms with van der Waals surface area (Å²) in [6.07, 6.45) is 3.43. The van der Waals surface area contributed by atoms with E-state index in [1.807, 2.05) is 31.2 Å². The number of halogens is 1. The number of carbonyl (C=O) groups excluding carboxylic acids is 1. The lowest BCUT2D eigenvalue weighted by molar-refractivity contribution is -0.118. The first-order valence-electron chi connectivity index (χ1n) is 7.12. The number of nitrogens with two attached hydrogens (primary N) is 1. The summed E-state index contributed by atoms with van der Waals surface area (Å²) in [6, 6.07) is 8.06. The number of nitrogens with zero attached hydrogens (tertiary/aromatic N) is 1. The van der Waals surface area contributed by atoms with Crippen molar-refractivity contribution in [3.8, 4) is 0 Å². The molecule has 110 valence electrons. The zero-order chi connectivity index (χ0) is 14.5. The molecule has 2 unspecified atom stereocenters. The maximum Gasteiger partial charge on any atom is 0.238 e. The first kappa shape index (κ1) is 15.5. The maximum absolute atomic E-state index is 12.2. The highest BCUT2D eigenvalue weighted by Gasteiger charge is 2.26. The molecular formula is C15H22BrN3O. The molecule has 0 aromatic heterocycles. The minimum atomic E-state index is 0.0180. The number of carbonyl (C=O) groups is 1. The van der Waals surface area contributed by atoms with Crippen molar-refractivity contribution >= 4 is 27.5 Å². The van der Waals surface area contributed by atoms with Gasteiger partial charge in [0.1, 0.15) is 0 Å². The van der Waals surface area contributed by atoms with E-state index < -0.39 is 0 Å². The van der Waals surface area contributed by atoms with Gasteiger partial charge in [-0.15, -0.1) is 0 Å². The van der Waals surface area contributed by atoms with E-state index in [2.05, 4.69) is 26.1 Å². The van der Waals surface area contributed by atoms with Crippen LogP contribution < -0.4 is 11.1 Å². The van der Waals surface area contributed by atoms with Crippen LogP contribution in [-0.2, 0) is 4.79 Å². The Balaban J connectivity index is 1.95. The van der Waals surface area contributed by atoms with Crippen LogP contribution in [0.1, 0.15) is 26.2 Å². The van der Waals surface area contributed by atoms with Crippen LogP contribution in [0.5, 0.6) is 0 Å². The predicted octanol–water partition coefficient (Wildman–Crippen LogP) is 2.59. The topological polar surface area (TPSA) is 58.4 Å². The molecule has 1 saturated heterocycles. The molecule has 3 N–H and O–H groups in total. The van der Waals surface area contributed by atoms with Crippen LogP contribution in [0.25, 0.3) is 0 Å². The Labute approximate surface area is 128 Å². The Kier molecular flexibility index (Phi) is 5.57. The minimum absolute atomic E-state index is 0.0180. The van der Waals surface area contributed by atoms with Crippen LogP contribution in [0, 0.1) is 0 Å². The van der Waals surface area contributed by atoms with Crippen molar-refractivity contribution in [2.75, 3.05) is 18.4 Å². The van der Waals surface area contributed by atoms with E-state index in [-0.39, 0.29) is 11.9 Å². The Morgan fingerprint density at radius 1 is 1.50 bits per heavy atom. The third-order valence-corrected chi connectivity index (χ3v) is 4.46. The number of benzene rings is 1. The Morgan fingerprint density at radius 3 is 2.95 bits per heavy atom. The molecule has 1 aliphatic heterocycles. The van der Waals surface area contributed by atoms with Crippen molar-refractivity contribution in [2.45, 2.75) is 38.3 Å². The van der Waals surface area contributed by atoms with Gasteiger partial charge in [-0.2, -0.15) is 0 Å².